The molecule has 3 aliphatic heterocycles. The molecular weight excluding hydrogens is 466 g/mol. The van der Waals surface area contributed by atoms with Crippen LogP contribution in [0.5, 0.6) is 0 Å². The highest BCUT2D eigenvalue weighted by molar-refractivity contribution is 7.90. The molecule has 0 spiro atoms. The molecule has 3 aliphatic rings. The van der Waals surface area contributed by atoms with Gasteiger partial charge in [0, 0.05) is 57.8 Å². The summed E-state index contributed by atoms with van der Waals surface area (Å²) in [6.45, 7) is 5.98. The van der Waals surface area contributed by atoms with Crippen molar-refractivity contribution in [3.05, 3.63) is 23.8 Å². The molecule has 2 fully saturated rings. The first-order valence-electron chi connectivity index (χ1n) is 11.5. The van der Waals surface area contributed by atoms with Gasteiger partial charge in [-0.25, -0.2) is 0 Å². The maximum atomic E-state index is 13.1. The third-order valence-electron chi connectivity index (χ3n) is 6.48. The topological polar surface area (TPSA) is 111 Å². The van der Waals surface area contributed by atoms with Crippen molar-refractivity contribution in [2.75, 3.05) is 50.7 Å². The van der Waals surface area contributed by atoms with Crippen LogP contribution in [0.15, 0.2) is 27.5 Å². The van der Waals surface area contributed by atoms with Crippen molar-refractivity contribution in [1.82, 2.24) is 13.5 Å². The van der Waals surface area contributed by atoms with Gasteiger partial charge in [0.2, 0.25) is 0 Å². The van der Waals surface area contributed by atoms with E-state index < -0.39 is 20.2 Å². The molecule has 0 unspecified atom stereocenters. The number of hydrogen-bond donors (Lipinski definition) is 0. The smallest absolute Gasteiger partial charge is 0.286 e. The fourth-order valence-corrected chi connectivity index (χ4v) is 7.52. The van der Waals surface area contributed by atoms with E-state index in [9.17, 15) is 21.6 Å². The lowest BCUT2D eigenvalue weighted by atomic mass is 10.1. The van der Waals surface area contributed by atoms with Gasteiger partial charge < -0.3 is 9.80 Å². The van der Waals surface area contributed by atoms with Gasteiger partial charge in [-0.15, -0.1) is 4.40 Å². The predicted octanol–water partition coefficient (Wildman–Crippen LogP) is 1.51. The molecule has 0 radical (unpaired) electrons. The van der Waals surface area contributed by atoms with Gasteiger partial charge in [0.05, 0.1) is 5.69 Å². The molecule has 1 amide bonds. The Hall–Kier alpha value is -2.02. The number of carbonyl (C=O) groups excluding carboxylic acids is 1. The standard InChI is InChI=1S/C21H31N5O5S2/c1-3-24(4-2)33(30,31)25-14-12-23(13-15-25)21(27)17-9-10-18-19(16-17)32(28,29)22-20-8-6-5-7-11-26(18)20/h9-10,16H,3-8,11-15H2,1-2H3. The Bertz CT molecular complexity index is 1150. The third kappa shape index (κ3) is 4.53. The minimum atomic E-state index is -3.88. The van der Waals surface area contributed by atoms with Gasteiger partial charge in [-0.2, -0.15) is 25.4 Å². The van der Waals surface area contributed by atoms with Gasteiger partial charge in [0.25, 0.3) is 26.1 Å². The summed E-state index contributed by atoms with van der Waals surface area (Å²) < 4.78 is 58.0. The number of piperazine rings is 1. The number of hydrogen-bond acceptors (Lipinski definition) is 6. The van der Waals surface area contributed by atoms with Gasteiger partial charge >= 0.3 is 0 Å². The molecule has 10 nitrogen and oxygen atoms in total. The van der Waals surface area contributed by atoms with Gasteiger partial charge in [-0.3, -0.25) is 4.79 Å². The van der Waals surface area contributed by atoms with E-state index in [-0.39, 0.29) is 42.5 Å². The zero-order chi connectivity index (χ0) is 23.8. The molecule has 0 bridgehead atoms. The second kappa shape index (κ2) is 9.32. The number of sulfonamides is 1. The number of carbonyl (C=O) groups is 1. The van der Waals surface area contributed by atoms with Crippen molar-refractivity contribution < 1.29 is 21.6 Å². The molecule has 0 atom stereocenters. The number of anilines is 1. The Morgan fingerprint density at radius 1 is 1.03 bits per heavy atom. The zero-order valence-electron chi connectivity index (χ0n) is 19.1. The van der Waals surface area contributed by atoms with Crippen LogP contribution in [-0.4, -0.2) is 87.9 Å². The summed E-state index contributed by atoms with van der Waals surface area (Å²) in [6, 6.07) is 4.77. The number of rotatable bonds is 5. The van der Waals surface area contributed by atoms with E-state index in [0.29, 0.717) is 37.6 Å². The van der Waals surface area contributed by atoms with Gasteiger partial charge in [-0.05, 0) is 31.0 Å². The summed E-state index contributed by atoms with van der Waals surface area (Å²) >= 11 is 0. The third-order valence-corrected chi connectivity index (χ3v) is 10.00. The molecule has 0 aromatic heterocycles. The zero-order valence-corrected chi connectivity index (χ0v) is 20.7. The first kappa shape index (κ1) is 24.1. The molecule has 2 saturated heterocycles. The minimum absolute atomic E-state index is 0.0572. The van der Waals surface area contributed by atoms with Crippen LogP contribution in [0, 0.1) is 0 Å². The Balaban J connectivity index is 1.53. The van der Waals surface area contributed by atoms with Crippen molar-refractivity contribution in [2.45, 2.75) is 44.4 Å². The van der Waals surface area contributed by atoms with Crippen molar-refractivity contribution >= 4 is 37.7 Å². The van der Waals surface area contributed by atoms with Crippen molar-refractivity contribution in [3.8, 4) is 0 Å². The Labute approximate surface area is 196 Å². The maximum absolute atomic E-state index is 13.1. The molecule has 4 rings (SSSR count). The van der Waals surface area contributed by atoms with E-state index in [4.69, 9.17) is 0 Å². The van der Waals surface area contributed by atoms with E-state index in [1.165, 1.54) is 14.7 Å². The fraction of sp³-hybridized carbons (Fsp3) is 0.619. The number of amides is 1. The van der Waals surface area contributed by atoms with Gasteiger partial charge in [-0.1, -0.05) is 20.3 Å². The van der Waals surface area contributed by atoms with Crippen molar-refractivity contribution in [1.29, 1.82) is 0 Å². The highest BCUT2D eigenvalue weighted by Gasteiger charge is 2.35. The van der Waals surface area contributed by atoms with Crippen LogP contribution in [0.4, 0.5) is 5.69 Å². The summed E-state index contributed by atoms with van der Waals surface area (Å²) in [4.78, 5) is 16.7. The largest absolute Gasteiger partial charge is 0.336 e. The van der Waals surface area contributed by atoms with Crippen LogP contribution in [0.25, 0.3) is 0 Å². The van der Waals surface area contributed by atoms with Crippen LogP contribution in [0.1, 0.15) is 49.9 Å². The first-order chi connectivity index (χ1) is 15.7. The Kier molecular flexibility index (Phi) is 6.81. The normalized spacial score (nSPS) is 21.2. The van der Waals surface area contributed by atoms with E-state index in [1.807, 2.05) is 4.90 Å². The molecular formula is C21H31N5O5S2. The van der Waals surface area contributed by atoms with E-state index in [2.05, 4.69) is 4.40 Å². The summed E-state index contributed by atoms with van der Waals surface area (Å²) in [6.07, 6.45) is 3.52. The van der Waals surface area contributed by atoms with Crippen molar-refractivity contribution in [3.63, 3.8) is 0 Å². The molecule has 33 heavy (non-hydrogen) atoms. The minimum Gasteiger partial charge on any atom is -0.336 e. The number of benzene rings is 1. The van der Waals surface area contributed by atoms with Crippen LogP contribution < -0.4 is 4.90 Å². The molecule has 3 heterocycles. The Morgan fingerprint density at radius 3 is 2.39 bits per heavy atom. The number of amidine groups is 1. The SMILES string of the molecule is CCN(CC)S(=O)(=O)N1CCN(C(=O)c2ccc3c(c2)S(=O)(=O)N=C2CCCCCN23)CC1. The summed E-state index contributed by atoms with van der Waals surface area (Å²) in [5, 5.41) is 0. The van der Waals surface area contributed by atoms with E-state index in [1.54, 1.807) is 30.9 Å². The predicted molar refractivity (Wildman–Crippen MR) is 126 cm³/mol. The van der Waals surface area contributed by atoms with Crippen LogP contribution in [-0.2, 0) is 20.2 Å². The van der Waals surface area contributed by atoms with Gasteiger partial charge in [0.15, 0.2) is 0 Å². The van der Waals surface area contributed by atoms with E-state index >= 15 is 0 Å². The number of fused-ring (bicyclic) bond motifs is 3. The summed E-state index contributed by atoms with van der Waals surface area (Å²) in [5.74, 6) is 0.267. The Morgan fingerprint density at radius 2 is 1.73 bits per heavy atom. The second-order valence-electron chi connectivity index (χ2n) is 8.41. The quantitative estimate of drug-likeness (QED) is 0.610. The lowest BCUT2D eigenvalue weighted by Gasteiger charge is -2.36. The monoisotopic (exact) mass is 497 g/mol. The first-order valence-corrected chi connectivity index (χ1v) is 14.3. The van der Waals surface area contributed by atoms with Gasteiger partial charge in [0.1, 0.15) is 10.7 Å². The molecule has 12 heteroatoms. The van der Waals surface area contributed by atoms with Crippen LogP contribution in [0.3, 0.4) is 0 Å². The highest BCUT2D eigenvalue weighted by Crippen LogP contribution is 2.35. The molecule has 0 aliphatic carbocycles. The molecule has 182 valence electrons. The molecule has 0 N–H and O–H groups in total. The number of nitrogens with zero attached hydrogens (tertiary/aromatic N) is 5. The maximum Gasteiger partial charge on any atom is 0.286 e. The summed E-state index contributed by atoms with van der Waals surface area (Å²) in [7, 11) is -7.43. The average Bonchev–Trinajstić information content (AvgIpc) is 3.04. The molecule has 0 saturated carbocycles. The fourth-order valence-electron chi connectivity index (χ4n) is 4.63. The lowest BCUT2D eigenvalue weighted by molar-refractivity contribution is 0.0694. The highest BCUT2D eigenvalue weighted by atomic mass is 32.2. The van der Waals surface area contributed by atoms with E-state index in [0.717, 1.165) is 19.3 Å². The lowest BCUT2D eigenvalue weighted by Crippen LogP contribution is -2.54. The molecule has 1 aromatic carbocycles. The average molecular weight is 498 g/mol. The summed E-state index contributed by atoms with van der Waals surface area (Å²) in [5.41, 5.74) is 0.847. The second-order valence-corrected chi connectivity index (χ2v) is 11.9. The van der Waals surface area contributed by atoms with Crippen molar-refractivity contribution in [2.24, 2.45) is 4.40 Å². The van der Waals surface area contributed by atoms with Crippen LogP contribution in [0.2, 0.25) is 0 Å². The molecule has 1 aromatic rings. The van der Waals surface area contributed by atoms with Crippen LogP contribution >= 0.6 is 0 Å².